The lowest BCUT2D eigenvalue weighted by atomic mass is 9.94. The third-order valence-electron chi connectivity index (χ3n) is 4.07. The van der Waals surface area contributed by atoms with E-state index in [-0.39, 0.29) is 18.6 Å². The Balaban J connectivity index is 1.83. The van der Waals surface area contributed by atoms with Gasteiger partial charge in [-0.15, -0.1) is 0 Å². The molecule has 2 rings (SSSR count). The fourth-order valence-corrected chi connectivity index (χ4v) is 3.00. The molecule has 2 nitrogen and oxygen atoms in total. The Bertz CT molecular complexity index is 490. The van der Waals surface area contributed by atoms with Crippen LogP contribution < -0.4 is 5.32 Å². The van der Waals surface area contributed by atoms with Crippen molar-refractivity contribution in [3.63, 3.8) is 0 Å². The average molecular weight is 313 g/mol. The van der Waals surface area contributed by atoms with Gasteiger partial charge >= 0.3 is 6.18 Å². The van der Waals surface area contributed by atoms with Gasteiger partial charge in [-0.05, 0) is 35.9 Å². The molecule has 2 atom stereocenters. The number of hydrogen-bond donors (Lipinski definition) is 1. The third kappa shape index (κ3) is 5.44. The molecule has 22 heavy (non-hydrogen) atoms. The molecule has 5 heteroatoms. The second-order valence-corrected chi connectivity index (χ2v) is 6.28. The van der Waals surface area contributed by atoms with Crippen molar-refractivity contribution in [2.75, 3.05) is 13.1 Å². The summed E-state index contributed by atoms with van der Waals surface area (Å²) in [5, 5.41) is 3.31. The van der Waals surface area contributed by atoms with Gasteiger partial charge in [0.15, 0.2) is 0 Å². The molecule has 0 bridgehead atoms. The standard InChI is InChI=1S/C17H22F3NO/c1-12(10-17(18,19)20)8-16(22)9-13-2-4-14(5-3-13)15-6-7-21-11-15/h2-5,12,15,21H,6-11H2,1H3. The molecule has 0 aromatic heterocycles. The highest BCUT2D eigenvalue weighted by Gasteiger charge is 2.30. The molecule has 1 aromatic rings. The number of benzene rings is 1. The maximum atomic E-state index is 12.3. The molecule has 122 valence electrons. The molecule has 0 radical (unpaired) electrons. The molecular formula is C17H22F3NO. The van der Waals surface area contributed by atoms with Crippen LogP contribution in [0.1, 0.15) is 43.2 Å². The average Bonchev–Trinajstić information content (AvgIpc) is 2.90. The van der Waals surface area contributed by atoms with Crippen LogP contribution in [0.25, 0.3) is 0 Å². The minimum atomic E-state index is -4.20. The molecule has 1 aromatic carbocycles. The summed E-state index contributed by atoms with van der Waals surface area (Å²) in [6, 6.07) is 7.89. The van der Waals surface area contributed by atoms with Crippen LogP contribution in [0.2, 0.25) is 0 Å². The van der Waals surface area contributed by atoms with E-state index in [1.807, 2.05) is 24.3 Å². The molecule has 2 unspecified atom stereocenters. The maximum absolute atomic E-state index is 12.3. The molecule has 0 aliphatic carbocycles. The summed E-state index contributed by atoms with van der Waals surface area (Å²) in [5.41, 5.74) is 2.13. The molecule has 1 heterocycles. The molecular weight excluding hydrogens is 291 g/mol. The fourth-order valence-electron chi connectivity index (χ4n) is 3.00. The Labute approximate surface area is 129 Å². The van der Waals surface area contributed by atoms with E-state index in [0.29, 0.717) is 5.92 Å². The summed E-state index contributed by atoms with van der Waals surface area (Å²) < 4.78 is 36.8. The molecule has 1 N–H and O–H groups in total. The van der Waals surface area contributed by atoms with Crippen molar-refractivity contribution in [3.8, 4) is 0 Å². The Hall–Kier alpha value is -1.36. The first-order chi connectivity index (χ1) is 10.3. The van der Waals surface area contributed by atoms with Gasteiger partial charge in [-0.3, -0.25) is 4.79 Å². The topological polar surface area (TPSA) is 29.1 Å². The number of Topliss-reactive ketones (excluding diaryl/α,β-unsaturated/α-hetero) is 1. The molecule has 0 saturated carbocycles. The van der Waals surface area contributed by atoms with Crippen LogP contribution in [0.3, 0.4) is 0 Å². The van der Waals surface area contributed by atoms with E-state index in [2.05, 4.69) is 5.32 Å². The van der Waals surface area contributed by atoms with Crippen LogP contribution >= 0.6 is 0 Å². The SMILES string of the molecule is CC(CC(=O)Cc1ccc(C2CCNC2)cc1)CC(F)(F)F. The number of halogens is 3. The van der Waals surface area contributed by atoms with Crippen molar-refractivity contribution < 1.29 is 18.0 Å². The summed E-state index contributed by atoms with van der Waals surface area (Å²) in [4.78, 5) is 11.9. The highest BCUT2D eigenvalue weighted by atomic mass is 19.4. The summed E-state index contributed by atoms with van der Waals surface area (Å²) in [6.07, 6.45) is -3.78. The Morgan fingerprint density at radius 3 is 2.55 bits per heavy atom. The zero-order valence-corrected chi connectivity index (χ0v) is 12.7. The van der Waals surface area contributed by atoms with Crippen molar-refractivity contribution in [2.24, 2.45) is 5.92 Å². The normalized spacial score (nSPS) is 20.1. The van der Waals surface area contributed by atoms with Crippen molar-refractivity contribution in [1.29, 1.82) is 0 Å². The number of ketones is 1. The minimum absolute atomic E-state index is 0.0200. The molecule has 0 amide bonds. The van der Waals surface area contributed by atoms with Gasteiger partial charge in [-0.1, -0.05) is 31.2 Å². The quantitative estimate of drug-likeness (QED) is 0.864. The number of carbonyl (C=O) groups is 1. The lowest BCUT2D eigenvalue weighted by Gasteiger charge is -2.13. The van der Waals surface area contributed by atoms with Crippen LogP contribution in [0.15, 0.2) is 24.3 Å². The van der Waals surface area contributed by atoms with Gasteiger partial charge < -0.3 is 5.32 Å². The highest BCUT2D eigenvalue weighted by Crippen LogP contribution is 2.27. The first kappa shape index (κ1) is 17.0. The number of alkyl halides is 3. The van der Waals surface area contributed by atoms with Crippen molar-refractivity contribution >= 4 is 5.78 Å². The van der Waals surface area contributed by atoms with Gasteiger partial charge in [-0.2, -0.15) is 13.2 Å². The molecule has 1 aliphatic heterocycles. The van der Waals surface area contributed by atoms with Gasteiger partial charge in [0.25, 0.3) is 0 Å². The highest BCUT2D eigenvalue weighted by molar-refractivity contribution is 5.81. The van der Waals surface area contributed by atoms with E-state index in [0.717, 1.165) is 25.1 Å². The van der Waals surface area contributed by atoms with Crippen LogP contribution in [-0.2, 0) is 11.2 Å². The van der Waals surface area contributed by atoms with Gasteiger partial charge in [-0.25, -0.2) is 0 Å². The molecule has 0 spiro atoms. The second-order valence-electron chi connectivity index (χ2n) is 6.28. The van der Waals surface area contributed by atoms with E-state index in [9.17, 15) is 18.0 Å². The third-order valence-corrected chi connectivity index (χ3v) is 4.07. The Morgan fingerprint density at radius 1 is 1.32 bits per heavy atom. The molecule has 1 fully saturated rings. The second kappa shape index (κ2) is 7.27. The van der Waals surface area contributed by atoms with E-state index in [1.54, 1.807) is 0 Å². The zero-order chi connectivity index (χ0) is 16.2. The van der Waals surface area contributed by atoms with Crippen LogP contribution in [0, 0.1) is 5.92 Å². The largest absolute Gasteiger partial charge is 0.389 e. The van der Waals surface area contributed by atoms with E-state index in [4.69, 9.17) is 0 Å². The fraction of sp³-hybridized carbons (Fsp3) is 0.588. The van der Waals surface area contributed by atoms with Crippen molar-refractivity contribution in [1.82, 2.24) is 5.32 Å². The first-order valence-corrected chi connectivity index (χ1v) is 7.71. The van der Waals surface area contributed by atoms with E-state index >= 15 is 0 Å². The summed E-state index contributed by atoms with van der Waals surface area (Å²) in [5.74, 6) is -0.264. The smallest absolute Gasteiger partial charge is 0.316 e. The van der Waals surface area contributed by atoms with Crippen LogP contribution in [0.4, 0.5) is 13.2 Å². The van der Waals surface area contributed by atoms with Crippen LogP contribution in [-0.4, -0.2) is 25.0 Å². The summed E-state index contributed by atoms with van der Waals surface area (Å²) in [6.45, 7) is 3.48. The predicted octanol–water partition coefficient (Wildman–Crippen LogP) is 3.85. The zero-order valence-electron chi connectivity index (χ0n) is 12.7. The van der Waals surface area contributed by atoms with Crippen molar-refractivity contribution in [3.05, 3.63) is 35.4 Å². The lowest BCUT2D eigenvalue weighted by Crippen LogP contribution is -2.16. The Morgan fingerprint density at radius 2 is 2.00 bits per heavy atom. The van der Waals surface area contributed by atoms with Crippen LogP contribution in [0.5, 0.6) is 0 Å². The number of rotatable bonds is 6. The van der Waals surface area contributed by atoms with E-state index < -0.39 is 18.5 Å². The molecule has 1 aliphatic rings. The number of carbonyl (C=O) groups excluding carboxylic acids is 1. The summed E-state index contributed by atoms with van der Waals surface area (Å²) >= 11 is 0. The number of hydrogen-bond acceptors (Lipinski definition) is 2. The minimum Gasteiger partial charge on any atom is -0.316 e. The molecule has 1 saturated heterocycles. The first-order valence-electron chi connectivity index (χ1n) is 7.71. The van der Waals surface area contributed by atoms with Gasteiger partial charge in [0, 0.05) is 25.8 Å². The lowest BCUT2D eigenvalue weighted by molar-refractivity contribution is -0.145. The summed E-state index contributed by atoms with van der Waals surface area (Å²) in [7, 11) is 0. The maximum Gasteiger partial charge on any atom is 0.389 e. The van der Waals surface area contributed by atoms with Gasteiger partial charge in [0.1, 0.15) is 5.78 Å². The van der Waals surface area contributed by atoms with E-state index in [1.165, 1.54) is 12.5 Å². The monoisotopic (exact) mass is 313 g/mol. The van der Waals surface area contributed by atoms with Crippen molar-refractivity contribution in [2.45, 2.75) is 44.7 Å². The van der Waals surface area contributed by atoms with Gasteiger partial charge in [0.05, 0.1) is 0 Å². The van der Waals surface area contributed by atoms with Gasteiger partial charge in [0.2, 0.25) is 0 Å². The predicted molar refractivity (Wildman–Crippen MR) is 79.8 cm³/mol. The Kier molecular flexibility index (Phi) is 5.62. The number of nitrogens with one attached hydrogen (secondary N) is 1.